The summed E-state index contributed by atoms with van der Waals surface area (Å²) in [5.74, 6) is -1.13. The van der Waals surface area contributed by atoms with Crippen molar-refractivity contribution in [2.45, 2.75) is 0 Å². The van der Waals surface area contributed by atoms with Crippen LogP contribution in [0.4, 0.5) is 5.69 Å². The van der Waals surface area contributed by atoms with Crippen molar-refractivity contribution in [2.24, 2.45) is 0 Å². The van der Waals surface area contributed by atoms with E-state index in [4.69, 9.17) is 9.47 Å². The molecule has 0 unspecified atom stereocenters. The predicted octanol–water partition coefficient (Wildman–Crippen LogP) is 4.29. The Labute approximate surface area is 197 Å². The van der Waals surface area contributed by atoms with E-state index >= 15 is 0 Å². The zero-order chi connectivity index (χ0) is 23.4. The molecule has 0 saturated carbocycles. The smallest absolute Gasteiger partial charge is 0.335 e. The van der Waals surface area contributed by atoms with Crippen molar-refractivity contribution in [3.63, 3.8) is 0 Å². The normalized spacial score (nSPS) is 12.2. The number of fused-ring (bicyclic) bond motifs is 1. The number of hydrogen-bond donors (Lipinski definition) is 3. The van der Waals surface area contributed by atoms with E-state index in [1.807, 2.05) is 0 Å². The molecule has 8 nitrogen and oxygen atoms in total. The van der Waals surface area contributed by atoms with Crippen molar-refractivity contribution in [1.82, 2.24) is 5.32 Å². The molecule has 1 aliphatic rings. The summed E-state index contributed by atoms with van der Waals surface area (Å²) in [5, 5.41) is 14.4. The maximum absolute atomic E-state index is 13.1. The molecule has 1 aliphatic heterocycles. The number of carbonyl (C=O) groups excluding carboxylic acids is 2. The first kappa shape index (κ1) is 22.1. The van der Waals surface area contributed by atoms with Crippen LogP contribution in [0.25, 0.3) is 6.08 Å². The first-order chi connectivity index (χ1) is 15.9. The topological polar surface area (TPSA) is 114 Å². The molecule has 3 N–H and O–H groups in total. The number of ether oxygens (including phenoxy) is 2. The highest BCUT2D eigenvalue weighted by Crippen LogP contribution is 2.33. The SMILES string of the molecule is O=C(Nc1cccc(C(=O)O)c1)/C(=C/c1ccc2c(c1)OCO2)NC(=O)c1cccc(Br)c1. The van der Waals surface area contributed by atoms with Gasteiger partial charge >= 0.3 is 5.97 Å². The molecule has 9 heteroatoms. The number of nitrogens with one attached hydrogen (secondary N) is 2. The molecule has 2 amide bonds. The maximum Gasteiger partial charge on any atom is 0.335 e. The van der Waals surface area contributed by atoms with Gasteiger partial charge in [-0.3, -0.25) is 9.59 Å². The van der Waals surface area contributed by atoms with Crippen LogP contribution in [0.1, 0.15) is 26.3 Å². The van der Waals surface area contributed by atoms with Crippen molar-refractivity contribution < 1.29 is 29.0 Å². The van der Waals surface area contributed by atoms with Gasteiger partial charge in [0.1, 0.15) is 5.70 Å². The Balaban J connectivity index is 1.64. The number of rotatable bonds is 6. The van der Waals surface area contributed by atoms with Gasteiger partial charge in [-0.25, -0.2) is 4.79 Å². The summed E-state index contributed by atoms with van der Waals surface area (Å²) < 4.78 is 11.4. The monoisotopic (exact) mass is 508 g/mol. The van der Waals surface area contributed by atoms with Crippen LogP contribution >= 0.6 is 15.9 Å². The summed E-state index contributed by atoms with van der Waals surface area (Å²) in [7, 11) is 0. The van der Waals surface area contributed by atoms with Crippen LogP contribution < -0.4 is 20.1 Å². The van der Waals surface area contributed by atoms with Crippen molar-refractivity contribution in [1.29, 1.82) is 0 Å². The van der Waals surface area contributed by atoms with E-state index in [0.717, 1.165) is 0 Å². The highest BCUT2D eigenvalue weighted by atomic mass is 79.9. The summed E-state index contributed by atoms with van der Waals surface area (Å²) >= 11 is 3.32. The van der Waals surface area contributed by atoms with E-state index in [0.29, 0.717) is 27.1 Å². The molecule has 0 atom stereocenters. The third-order valence-electron chi connectivity index (χ3n) is 4.65. The Morgan fingerprint density at radius 2 is 1.67 bits per heavy atom. The fourth-order valence-electron chi connectivity index (χ4n) is 3.08. The lowest BCUT2D eigenvalue weighted by Crippen LogP contribution is -2.30. The highest BCUT2D eigenvalue weighted by molar-refractivity contribution is 9.10. The third-order valence-corrected chi connectivity index (χ3v) is 5.15. The number of hydrogen-bond acceptors (Lipinski definition) is 5. The van der Waals surface area contributed by atoms with Gasteiger partial charge in [0.15, 0.2) is 11.5 Å². The predicted molar refractivity (Wildman–Crippen MR) is 124 cm³/mol. The Bertz CT molecular complexity index is 1290. The van der Waals surface area contributed by atoms with E-state index in [2.05, 4.69) is 26.6 Å². The van der Waals surface area contributed by atoms with Crippen LogP contribution in [0.3, 0.4) is 0 Å². The lowest BCUT2D eigenvalue weighted by atomic mass is 10.1. The average molecular weight is 509 g/mol. The van der Waals surface area contributed by atoms with Gasteiger partial charge in [-0.05, 0) is 60.2 Å². The molecule has 3 aromatic carbocycles. The van der Waals surface area contributed by atoms with Crippen molar-refractivity contribution in [3.8, 4) is 11.5 Å². The van der Waals surface area contributed by atoms with Gasteiger partial charge in [0.2, 0.25) is 6.79 Å². The first-order valence-corrected chi connectivity index (χ1v) is 10.5. The van der Waals surface area contributed by atoms with Crippen LogP contribution in [-0.4, -0.2) is 29.7 Å². The molecule has 0 spiro atoms. The van der Waals surface area contributed by atoms with Gasteiger partial charge in [0, 0.05) is 15.7 Å². The van der Waals surface area contributed by atoms with Gasteiger partial charge in [-0.15, -0.1) is 0 Å². The molecule has 0 fully saturated rings. The van der Waals surface area contributed by atoms with Crippen molar-refractivity contribution >= 4 is 45.5 Å². The largest absolute Gasteiger partial charge is 0.478 e. The number of halogens is 1. The Kier molecular flexibility index (Phi) is 6.41. The zero-order valence-electron chi connectivity index (χ0n) is 17.0. The second-order valence-electron chi connectivity index (χ2n) is 6.98. The van der Waals surface area contributed by atoms with Crippen LogP contribution in [0.2, 0.25) is 0 Å². The van der Waals surface area contributed by atoms with Gasteiger partial charge in [-0.1, -0.05) is 34.1 Å². The number of carbonyl (C=O) groups is 3. The first-order valence-electron chi connectivity index (χ1n) is 9.72. The van der Waals surface area contributed by atoms with Crippen LogP contribution in [0.5, 0.6) is 11.5 Å². The van der Waals surface area contributed by atoms with Crippen LogP contribution in [-0.2, 0) is 4.79 Å². The Morgan fingerprint density at radius 1 is 0.909 bits per heavy atom. The molecule has 1 heterocycles. The number of anilines is 1. The minimum absolute atomic E-state index is 0.0206. The quantitative estimate of drug-likeness (QED) is 0.428. The third kappa shape index (κ3) is 5.39. The van der Waals surface area contributed by atoms with Crippen molar-refractivity contribution in [3.05, 3.63) is 93.6 Å². The lowest BCUT2D eigenvalue weighted by molar-refractivity contribution is -0.113. The van der Waals surface area contributed by atoms with E-state index < -0.39 is 17.8 Å². The standard InChI is InChI=1S/C24H17BrN2O6/c25-17-5-1-3-15(11-17)22(28)27-19(9-14-7-8-20-21(10-14)33-13-32-20)23(29)26-18-6-2-4-16(12-18)24(30)31/h1-12H,13H2,(H,26,29)(H,27,28)(H,30,31)/b19-9-. The molecular formula is C24H17BrN2O6. The van der Waals surface area contributed by atoms with E-state index in [-0.39, 0.29) is 23.7 Å². The van der Waals surface area contributed by atoms with Crippen molar-refractivity contribution in [2.75, 3.05) is 12.1 Å². The minimum atomic E-state index is -1.12. The maximum atomic E-state index is 13.1. The summed E-state index contributed by atoms with van der Waals surface area (Å²) in [6.07, 6.45) is 1.49. The van der Waals surface area contributed by atoms with Gasteiger partial charge < -0.3 is 25.2 Å². The molecule has 166 valence electrons. The zero-order valence-corrected chi connectivity index (χ0v) is 18.6. The average Bonchev–Trinajstić information content (AvgIpc) is 3.26. The van der Waals surface area contributed by atoms with Gasteiger partial charge in [-0.2, -0.15) is 0 Å². The molecule has 3 aromatic rings. The minimum Gasteiger partial charge on any atom is -0.478 e. The number of aromatic carboxylic acids is 1. The second kappa shape index (κ2) is 9.58. The molecule has 0 aliphatic carbocycles. The molecule has 33 heavy (non-hydrogen) atoms. The second-order valence-corrected chi connectivity index (χ2v) is 7.89. The molecule has 0 saturated heterocycles. The van der Waals surface area contributed by atoms with E-state index in [1.165, 1.54) is 24.3 Å². The van der Waals surface area contributed by atoms with Crippen LogP contribution in [0, 0.1) is 0 Å². The summed E-state index contributed by atoms with van der Waals surface area (Å²) in [4.78, 5) is 37.1. The molecule has 0 aromatic heterocycles. The fraction of sp³-hybridized carbons (Fsp3) is 0.0417. The molecule has 0 bridgehead atoms. The number of carboxylic acid groups (broad SMARTS) is 1. The van der Waals surface area contributed by atoms with Gasteiger partial charge in [0.25, 0.3) is 11.8 Å². The fourth-order valence-corrected chi connectivity index (χ4v) is 3.48. The van der Waals surface area contributed by atoms with E-state index in [9.17, 15) is 19.5 Å². The number of amides is 2. The van der Waals surface area contributed by atoms with Crippen LogP contribution in [0.15, 0.2) is 76.9 Å². The van der Waals surface area contributed by atoms with Gasteiger partial charge in [0.05, 0.1) is 5.56 Å². The molecule has 0 radical (unpaired) electrons. The highest BCUT2D eigenvalue weighted by Gasteiger charge is 2.18. The van der Waals surface area contributed by atoms with E-state index in [1.54, 1.807) is 48.5 Å². The Morgan fingerprint density at radius 3 is 2.45 bits per heavy atom. The Hall–Kier alpha value is -4.11. The summed E-state index contributed by atoms with van der Waals surface area (Å²) in [6, 6.07) is 17.7. The summed E-state index contributed by atoms with van der Waals surface area (Å²) in [6.45, 7) is 0.107. The summed E-state index contributed by atoms with van der Waals surface area (Å²) in [5.41, 5.74) is 1.19. The molecular weight excluding hydrogens is 492 g/mol. The molecule has 4 rings (SSSR count). The number of benzene rings is 3. The number of carboxylic acids is 1. The lowest BCUT2D eigenvalue weighted by Gasteiger charge is -2.12.